The maximum absolute atomic E-state index is 4.81. The smallest absolute Gasteiger partial charge is 0.182 e. The molecule has 0 fully saturated rings. The molecule has 0 aliphatic rings. The minimum Gasteiger partial charge on any atom is -0.364 e. The Morgan fingerprint density at radius 1 is 0.931 bits per heavy atom. The summed E-state index contributed by atoms with van der Waals surface area (Å²) in [4.78, 5) is 20.5. The summed E-state index contributed by atoms with van der Waals surface area (Å²) in [6.07, 6.45) is 3.14. The van der Waals surface area contributed by atoms with Gasteiger partial charge >= 0.3 is 0 Å². The Balaban J connectivity index is 1.30. The van der Waals surface area contributed by atoms with Crippen LogP contribution in [0.3, 0.4) is 0 Å². The van der Waals surface area contributed by atoms with Crippen molar-refractivity contribution in [2.75, 3.05) is 5.32 Å². The third-order valence-corrected chi connectivity index (χ3v) is 5.63. The van der Waals surface area contributed by atoms with Crippen LogP contribution in [-0.4, -0.2) is 24.9 Å². The molecular weight excluding hydrogens is 380 g/mol. The largest absolute Gasteiger partial charge is 0.364 e. The van der Waals surface area contributed by atoms with Gasteiger partial charge in [0.05, 0.1) is 12.0 Å². The summed E-state index contributed by atoms with van der Waals surface area (Å²) in [5.74, 6) is 0.749. The number of nitrogens with zero attached hydrogens (tertiary/aromatic N) is 4. The van der Waals surface area contributed by atoms with Crippen molar-refractivity contribution >= 4 is 28.3 Å². The Bertz CT molecular complexity index is 1250. The first-order chi connectivity index (χ1) is 14.3. The number of thiazole rings is 1. The van der Waals surface area contributed by atoms with Gasteiger partial charge in [-0.3, -0.25) is 0 Å². The van der Waals surface area contributed by atoms with E-state index < -0.39 is 0 Å². The number of aromatic nitrogens is 5. The molecule has 6 nitrogen and oxygen atoms in total. The van der Waals surface area contributed by atoms with E-state index in [1.807, 2.05) is 0 Å². The molecule has 5 aromatic rings. The van der Waals surface area contributed by atoms with Gasteiger partial charge in [-0.25, -0.2) is 19.9 Å². The number of hydrogen-bond donors (Lipinski definition) is 2. The number of rotatable bonds is 5. The highest BCUT2D eigenvalue weighted by atomic mass is 32.1. The lowest BCUT2D eigenvalue weighted by Gasteiger charge is -2.06. The summed E-state index contributed by atoms with van der Waals surface area (Å²) in [5, 5.41) is 6.48. The summed E-state index contributed by atoms with van der Waals surface area (Å²) >= 11 is 1.67. The zero-order valence-electron chi connectivity index (χ0n) is 15.8. The monoisotopic (exact) mass is 398 g/mol. The molecule has 29 heavy (non-hydrogen) atoms. The summed E-state index contributed by atoms with van der Waals surface area (Å²) in [7, 11) is 0. The van der Waals surface area contributed by atoms with Gasteiger partial charge in [-0.15, -0.1) is 11.3 Å². The molecule has 0 saturated carbocycles. The normalized spacial score (nSPS) is 11.1. The van der Waals surface area contributed by atoms with Crippen molar-refractivity contribution in [2.24, 2.45) is 0 Å². The molecule has 0 amide bonds. The van der Waals surface area contributed by atoms with Crippen LogP contribution >= 0.6 is 11.3 Å². The molecular formula is C22H18N6S. The van der Waals surface area contributed by atoms with Gasteiger partial charge in [0.15, 0.2) is 11.5 Å². The first-order valence-electron chi connectivity index (χ1n) is 9.26. The molecule has 2 aromatic carbocycles. The fraction of sp³-hybridized carbons (Fsp3) is 0.0909. The number of nitrogens with one attached hydrogen (secondary N) is 2. The Hall–Kier alpha value is -3.58. The average molecular weight is 398 g/mol. The van der Waals surface area contributed by atoms with Crippen molar-refractivity contribution in [1.29, 1.82) is 0 Å². The number of benzene rings is 2. The molecule has 2 N–H and O–H groups in total. The molecule has 0 aliphatic heterocycles. The predicted octanol–water partition coefficient (Wildman–Crippen LogP) is 5.06. The van der Waals surface area contributed by atoms with E-state index in [-0.39, 0.29) is 0 Å². The molecule has 3 aromatic heterocycles. The highest BCUT2D eigenvalue weighted by molar-refractivity contribution is 7.13. The van der Waals surface area contributed by atoms with Crippen molar-refractivity contribution in [2.45, 2.75) is 13.5 Å². The van der Waals surface area contributed by atoms with E-state index in [0.717, 1.165) is 38.7 Å². The van der Waals surface area contributed by atoms with Crippen molar-refractivity contribution < 1.29 is 0 Å². The van der Waals surface area contributed by atoms with Gasteiger partial charge in [-0.1, -0.05) is 54.1 Å². The fourth-order valence-electron chi connectivity index (χ4n) is 3.11. The minimum absolute atomic E-state index is 0.658. The van der Waals surface area contributed by atoms with Gasteiger partial charge in [0, 0.05) is 23.1 Å². The number of anilines is 1. The van der Waals surface area contributed by atoms with Crippen LogP contribution in [0.15, 0.2) is 66.6 Å². The number of aromatic amines is 1. The van der Waals surface area contributed by atoms with E-state index in [4.69, 9.17) is 4.98 Å². The van der Waals surface area contributed by atoms with Crippen LogP contribution in [0.25, 0.3) is 33.0 Å². The van der Waals surface area contributed by atoms with E-state index in [1.54, 1.807) is 17.7 Å². The van der Waals surface area contributed by atoms with Gasteiger partial charge < -0.3 is 10.3 Å². The van der Waals surface area contributed by atoms with Crippen molar-refractivity contribution in [1.82, 2.24) is 24.9 Å². The number of aryl methyl sites for hydroxylation is 1. The summed E-state index contributed by atoms with van der Waals surface area (Å²) in [6.45, 7) is 2.76. The number of imidazole rings is 1. The molecule has 0 spiro atoms. The lowest BCUT2D eigenvalue weighted by atomic mass is 10.1. The Kier molecular flexibility index (Phi) is 4.50. The van der Waals surface area contributed by atoms with Crippen LogP contribution in [0.2, 0.25) is 0 Å². The zero-order chi connectivity index (χ0) is 19.6. The van der Waals surface area contributed by atoms with Crippen molar-refractivity contribution in [3.05, 3.63) is 77.7 Å². The summed E-state index contributed by atoms with van der Waals surface area (Å²) in [6, 6.07) is 16.9. The van der Waals surface area contributed by atoms with Crippen molar-refractivity contribution in [3.63, 3.8) is 0 Å². The van der Waals surface area contributed by atoms with Crippen LogP contribution in [0.5, 0.6) is 0 Å². The zero-order valence-corrected chi connectivity index (χ0v) is 16.6. The Labute approximate surface area is 171 Å². The van der Waals surface area contributed by atoms with Gasteiger partial charge in [0.1, 0.15) is 16.9 Å². The lowest BCUT2D eigenvalue weighted by molar-refractivity contribution is 1.10. The van der Waals surface area contributed by atoms with Crippen LogP contribution in [0, 0.1) is 6.92 Å². The third-order valence-electron chi connectivity index (χ3n) is 4.74. The highest BCUT2D eigenvalue weighted by Crippen LogP contribution is 2.29. The number of fused-ring (bicyclic) bond motifs is 1. The first-order valence-corrected chi connectivity index (χ1v) is 10.1. The maximum atomic E-state index is 4.81. The van der Waals surface area contributed by atoms with Crippen LogP contribution in [-0.2, 0) is 6.54 Å². The van der Waals surface area contributed by atoms with Gasteiger partial charge in [0.25, 0.3) is 0 Å². The standard InChI is InChI=1S/C22H18N6S/c1-14-2-6-16(7-3-14)18-11-29-22(28-18)17-8-4-15(5-9-17)10-23-20-19-21(25-12-24-19)27-13-26-20/h2-9,11-13H,10H2,1H3,(H2,23,24,25,26,27). The summed E-state index contributed by atoms with van der Waals surface area (Å²) in [5.41, 5.74) is 7.17. The Morgan fingerprint density at radius 2 is 1.72 bits per heavy atom. The molecule has 0 unspecified atom stereocenters. The fourth-order valence-corrected chi connectivity index (χ4v) is 3.95. The minimum atomic E-state index is 0.658. The molecule has 0 bridgehead atoms. The molecule has 0 saturated heterocycles. The third kappa shape index (κ3) is 3.60. The lowest BCUT2D eigenvalue weighted by Crippen LogP contribution is -2.02. The second-order valence-electron chi connectivity index (χ2n) is 6.78. The van der Waals surface area contributed by atoms with Crippen molar-refractivity contribution in [3.8, 4) is 21.8 Å². The molecule has 0 radical (unpaired) electrons. The van der Waals surface area contributed by atoms with E-state index in [9.17, 15) is 0 Å². The Morgan fingerprint density at radius 3 is 2.55 bits per heavy atom. The maximum Gasteiger partial charge on any atom is 0.182 e. The van der Waals surface area contributed by atoms with E-state index >= 15 is 0 Å². The van der Waals surface area contributed by atoms with Gasteiger partial charge in [0.2, 0.25) is 0 Å². The molecule has 3 heterocycles. The second-order valence-corrected chi connectivity index (χ2v) is 7.64. The topological polar surface area (TPSA) is 79.4 Å². The average Bonchev–Trinajstić information content (AvgIpc) is 3.43. The highest BCUT2D eigenvalue weighted by Gasteiger charge is 2.08. The van der Waals surface area contributed by atoms with Crippen LogP contribution in [0.1, 0.15) is 11.1 Å². The second kappa shape index (κ2) is 7.44. The SMILES string of the molecule is Cc1ccc(-c2csc(-c3ccc(CNc4ncnc5nc[nH]c45)cc3)n2)cc1. The summed E-state index contributed by atoms with van der Waals surface area (Å²) < 4.78 is 0. The van der Waals surface area contributed by atoms with E-state index in [2.05, 4.69) is 86.1 Å². The van der Waals surface area contributed by atoms with E-state index in [1.165, 1.54) is 11.9 Å². The predicted molar refractivity (Wildman–Crippen MR) is 117 cm³/mol. The molecule has 5 rings (SSSR count). The quantitative estimate of drug-likeness (QED) is 0.432. The van der Waals surface area contributed by atoms with Gasteiger partial charge in [-0.05, 0) is 12.5 Å². The number of H-pyrrole nitrogens is 1. The van der Waals surface area contributed by atoms with E-state index in [0.29, 0.717) is 12.2 Å². The van der Waals surface area contributed by atoms with Crippen LogP contribution in [0.4, 0.5) is 5.82 Å². The molecule has 142 valence electrons. The number of hydrogen-bond acceptors (Lipinski definition) is 6. The molecule has 7 heteroatoms. The van der Waals surface area contributed by atoms with Gasteiger partial charge in [-0.2, -0.15) is 0 Å². The molecule has 0 aliphatic carbocycles. The molecule has 0 atom stereocenters. The van der Waals surface area contributed by atoms with Crippen LogP contribution < -0.4 is 5.32 Å². The first kappa shape index (κ1) is 17.5.